The van der Waals surface area contributed by atoms with Gasteiger partial charge in [0.1, 0.15) is 0 Å². The SMILES string of the molecule is Cl.O=C(NCCC(=O)N1CCC2(CCNC2)CC1)c1ccc(Br)cc1. The van der Waals surface area contributed by atoms with Crippen molar-refractivity contribution < 1.29 is 9.59 Å². The van der Waals surface area contributed by atoms with Crippen molar-refractivity contribution in [2.45, 2.75) is 25.7 Å². The minimum Gasteiger partial charge on any atom is -0.352 e. The topological polar surface area (TPSA) is 61.4 Å². The van der Waals surface area contributed by atoms with E-state index in [4.69, 9.17) is 0 Å². The first-order valence-electron chi connectivity index (χ1n) is 8.60. The molecule has 1 aromatic rings. The summed E-state index contributed by atoms with van der Waals surface area (Å²) in [6.45, 7) is 4.29. The standard InChI is InChI=1S/C18H24BrN3O2.ClH/c19-15-3-1-14(2-4-15)17(24)21-9-5-16(23)22-11-7-18(8-12-22)6-10-20-13-18;/h1-4,20H,5-13H2,(H,21,24);1H. The van der Waals surface area contributed by atoms with Crippen LogP contribution in [0.1, 0.15) is 36.0 Å². The number of likely N-dealkylation sites (tertiary alicyclic amines) is 1. The molecule has 3 rings (SSSR count). The number of nitrogens with one attached hydrogen (secondary N) is 2. The van der Waals surface area contributed by atoms with E-state index in [0.29, 0.717) is 23.9 Å². The number of halogens is 2. The molecule has 2 heterocycles. The smallest absolute Gasteiger partial charge is 0.251 e. The van der Waals surface area contributed by atoms with E-state index in [0.717, 1.165) is 43.5 Å². The molecule has 0 atom stereocenters. The fourth-order valence-electron chi connectivity index (χ4n) is 3.60. The second-order valence-electron chi connectivity index (χ2n) is 6.82. The number of amides is 2. The molecule has 0 aliphatic carbocycles. The molecular formula is C18H25BrClN3O2. The Balaban J connectivity index is 0.00000225. The zero-order chi connectivity index (χ0) is 17.0. The normalized spacial score (nSPS) is 18.7. The Labute approximate surface area is 163 Å². The fourth-order valence-corrected chi connectivity index (χ4v) is 3.86. The summed E-state index contributed by atoms with van der Waals surface area (Å²) in [5.74, 6) is 0.0110. The van der Waals surface area contributed by atoms with Crippen LogP contribution < -0.4 is 10.6 Å². The molecular weight excluding hydrogens is 406 g/mol. The van der Waals surface area contributed by atoms with Gasteiger partial charge in [0.05, 0.1) is 0 Å². The third-order valence-corrected chi connectivity index (χ3v) is 5.77. The van der Waals surface area contributed by atoms with Crippen LogP contribution in [-0.4, -0.2) is 49.4 Å². The maximum Gasteiger partial charge on any atom is 0.251 e. The molecule has 7 heteroatoms. The second-order valence-corrected chi connectivity index (χ2v) is 7.74. The molecule has 1 aromatic carbocycles. The number of nitrogens with zero attached hydrogens (tertiary/aromatic N) is 1. The van der Waals surface area contributed by atoms with Crippen LogP contribution in [0.5, 0.6) is 0 Å². The fraction of sp³-hybridized carbons (Fsp3) is 0.556. The van der Waals surface area contributed by atoms with Crippen LogP contribution >= 0.6 is 28.3 Å². The van der Waals surface area contributed by atoms with Crippen molar-refractivity contribution in [3.8, 4) is 0 Å². The van der Waals surface area contributed by atoms with Gasteiger partial charge >= 0.3 is 0 Å². The third kappa shape index (κ3) is 5.19. The lowest BCUT2D eigenvalue weighted by Gasteiger charge is -2.39. The number of carbonyl (C=O) groups excluding carboxylic acids is 2. The van der Waals surface area contributed by atoms with E-state index in [-0.39, 0.29) is 24.2 Å². The maximum absolute atomic E-state index is 12.3. The number of hydrogen-bond acceptors (Lipinski definition) is 3. The Hall–Kier alpha value is -1.11. The van der Waals surface area contributed by atoms with Gasteiger partial charge in [0.15, 0.2) is 0 Å². The molecule has 0 radical (unpaired) electrons. The maximum atomic E-state index is 12.3. The van der Waals surface area contributed by atoms with Crippen molar-refractivity contribution in [1.82, 2.24) is 15.5 Å². The molecule has 0 unspecified atom stereocenters. The van der Waals surface area contributed by atoms with Crippen LogP contribution in [0.2, 0.25) is 0 Å². The van der Waals surface area contributed by atoms with Gasteiger partial charge in [0, 0.05) is 42.6 Å². The van der Waals surface area contributed by atoms with Gasteiger partial charge < -0.3 is 15.5 Å². The Morgan fingerprint density at radius 3 is 2.44 bits per heavy atom. The van der Waals surface area contributed by atoms with E-state index in [1.54, 1.807) is 12.1 Å². The lowest BCUT2D eigenvalue weighted by atomic mass is 9.78. The Kier molecular flexibility index (Phi) is 7.28. The zero-order valence-electron chi connectivity index (χ0n) is 14.2. The van der Waals surface area contributed by atoms with Gasteiger partial charge in [-0.1, -0.05) is 15.9 Å². The first-order valence-corrected chi connectivity index (χ1v) is 9.40. The van der Waals surface area contributed by atoms with Gasteiger partial charge in [0.2, 0.25) is 5.91 Å². The summed E-state index contributed by atoms with van der Waals surface area (Å²) in [5, 5.41) is 6.26. The lowest BCUT2D eigenvalue weighted by Crippen LogP contribution is -2.44. The van der Waals surface area contributed by atoms with Gasteiger partial charge in [-0.25, -0.2) is 0 Å². The summed E-state index contributed by atoms with van der Waals surface area (Å²) in [4.78, 5) is 26.3. The molecule has 2 amide bonds. The summed E-state index contributed by atoms with van der Waals surface area (Å²) in [6.07, 6.45) is 3.79. The predicted octanol–water partition coefficient (Wildman–Crippen LogP) is 2.59. The minimum atomic E-state index is -0.134. The summed E-state index contributed by atoms with van der Waals surface area (Å²) < 4.78 is 0.939. The molecule has 2 saturated heterocycles. The van der Waals surface area contributed by atoms with Gasteiger partial charge in [-0.05, 0) is 55.5 Å². The highest BCUT2D eigenvalue weighted by Gasteiger charge is 2.37. The number of piperidine rings is 1. The molecule has 0 saturated carbocycles. The first kappa shape index (κ1) is 20.2. The van der Waals surface area contributed by atoms with E-state index in [1.807, 2.05) is 17.0 Å². The zero-order valence-corrected chi connectivity index (χ0v) is 16.6. The van der Waals surface area contributed by atoms with Crippen molar-refractivity contribution >= 4 is 40.2 Å². The number of benzene rings is 1. The van der Waals surface area contributed by atoms with Crippen LogP contribution in [-0.2, 0) is 4.79 Å². The van der Waals surface area contributed by atoms with E-state index >= 15 is 0 Å². The average Bonchev–Trinajstić information content (AvgIpc) is 3.04. The second kappa shape index (κ2) is 9.01. The molecule has 138 valence electrons. The molecule has 5 nitrogen and oxygen atoms in total. The Morgan fingerprint density at radius 2 is 1.84 bits per heavy atom. The third-order valence-electron chi connectivity index (χ3n) is 5.24. The molecule has 0 aromatic heterocycles. The highest BCUT2D eigenvalue weighted by atomic mass is 79.9. The molecule has 2 fully saturated rings. The first-order chi connectivity index (χ1) is 11.6. The van der Waals surface area contributed by atoms with Crippen molar-refractivity contribution in [3.63, 3.8) is 0 Å². The van der Waals surface area contributed by atoms with Gasteiger partial charge in [0.25, 0.3) is 5.91 Å². The predicted molar refractivity (Wildman–Crippen MR) is 104 cm³/mol. The quantitative estimate of drug-likeness (QED) is 0.772. The van der Waals surface area contributed by atoms with Crippen LogP contribution in [0.4, 0.5) is 0 Å². The molecule has 1 spiro atoms. The van der Waals surface area contributed by atoms with Crippen LogP contribution in [0.25, 0.3) is 0 Å². The number of hydrogen-bond donors (Lipinski definition) is 2. The summed E-state index contributed by atoms with van der Waals surface area (Å²) in [6, 6.07) is 7.20. The van der Waals surface area contributed by atoms with E-state index in [9.17, 15) is 9.59 Å². The van der Waals surface area contributed by atoms with E-state index in [1.165, 1.54) is 6.42 Å². The summed E-state index contributed by atoms with van der Waals surface area (Å²) >= 11 is 3.35. The Bertz CT molecular complexity index is 593. The highest BCUT2D eigenvalue weighted by Crippen LogP contribution is 2.36. The van der Waals surface area contributed by atoms with Crippen molar-refractivity contribution in [1.29, 1.82) is 0 Å². The van der Waals surface area contributed by atoms with Crippen molar-refractivity contribution in [2.75, 3.05) is 32.7 Å². The lowest BCUT2D eigenvalue weighted by molar-refractivity contribution is -0.133. The number of carbonyl (C=O) groups is 2. The highest BCUT2D eigenvalue weighted by molar-refractivity contribution is 9.10. The summed E-state index contributed by atoms with van der Waals surface area (Å²) in [5.41, 5.74) is 1.03. The summed E-state index contributed by atoms with van der Waals surface area (Å²) in [7, 11) is 0. The largest absolute Gasteiger partial charge is 0.352 e. The molecule has 0 bridgehead atoms. The van der Waals surface area contributed by atoms with Crippen LogP contribution in [0.15, 0.2) is 28.7 Å². The molecule has 2 aliphatic rings. The van der Waals surface area contributed by atoms with Gasteiger partial charge in [-0.2, -0.15) is 0 Å². The van der Waals surface area contributed by atoms with Gasteiger partial charge in [-0.3, -0.25) is 9.59 Å². The monoisotopic (exact) mass is 429 g/mol. The van der Waals surface area contributed by atoms with E-state index in [2.05, 4.69) is 26.6 Å². The number of rotatable bonds is 4. The van der Waals surface area contributed by atoms with Crippen LogP contribution in [0.3, 0.4) is 0 Å². The van der Waals surface area contributed by atoms with Crippen molar-refractivity contribution in [3.05, 3.63) is 34.3 Å². The van der Waals surface area contributed by atoms with Crippen LogP contribution in [0, 0.1) is 5.41 Å². The molecule has 25 heavy (non-hydrogen) atoms. The van der Waals surface area contributed by atoms with Gasteiger partial charge in [-0.15, -0.1) is 12.4 Å². The Morgan fingerprint density at radius 1 is 1.16 bits per heavy atom. The minimum absolute atomic E-state index is 0. The van der Waals surface area contributed by atoms with Crippen molar-refractivity contribution in [2.24, 2.45) is 5.41 Å². The average molecular weight is 431 g/mol. The van der Waals surface area contributed by atoms with E-state index < -0.39 is 0 Å². The molecule has 2 aliphatic heterocycles. The molecule has 2 N–H and O–H groups in total.